The number of hydrogen-bond donors (Lipinski definition) is 0. The molecule has 1 nitrogen and oxygen atoms in total. The van der Waals surface area contributed by atoms with Gasteiger partial charge in [-0.25, -0.2) is 0 Å². The Hall–Kier alpha value is -0.510. The maximum Gasteiger partial charge on any atom is 0.0621 e. The summed E-state index contributed by atoms with van der Waals surface area (Å²) in [6.45, 7) is 3.90. The molecule has 0 aromatic carbocycles. The van der Waals surface area contributed by atoms with Crippen molar-refractivity contribution < 1.29 is 0 Å². The van der Waals surface area contributed by atoms with Gasteiger partial charge in [0, 0.05) is 6.42 Å². The van der Waals surface area contributed by atoms with Gasteiger partial charge in [-0.15, -0.1) is 0 Å². The molecule has 0 unspecified atom stereocenters. The predicted molar refractivity (Wildman–Crippen MR) is 113 cm³/mol. The first-order valence-corrected chi connectivity index (χ1v) is 11.6. The molecule has 0 aromatic heterocycles. The zero-order chi connectivity index (χ0) is 18.3. The molecule has 0 aliphatic rings. The van der Waals surface area contributed by atoms with Crippen molar-refractivity contribution in [3.8, 4) is 6.07 Å². The molecule has 0 rings (SSSR count). The van der Waals surface area contributed by atoms with Crippen molar-refractivity contribution in [1.29, 1.82) is 5.26 Å². The van der Waals surface area contributed by atoms with Crippen LogP contribution in [-0.4, -0.2) is 0 Å². The van der Waals surface area contributed by atoms with Crippen LogP contribution in [0, 0.1) is 18.3 Å². The maximum atomic E-state index is 8.47. The van der Waals surface area contributed by atoms with Crippen LogP contribution < -0.4 is 0 Å². The summed E-state index contributed by atoms with van der Waals surface area (Å²) >= 11 is 0. The first kappa shape index (κ1) is 24.5. The fourth-order valence-electron chi connectivity index (χ4n) is 3.56. The highest BCUT2D eigenvalue weighted by atomic mass is 14.2. The van der Waals surface area contributed by atoms with Gasteiger partial charge in [-0.1, -0.05) is 135 Å². The summed E-state index contributed by atoms with van der Waals surface area (Å²) in [5.74, 6) is 0. The van der Waals surface area contributed by atoms with Crippen LogP contribution in [0.25, 0.3) is 0 Å². The topological polar surface area (TPSA) is 23.8 Å². The smallest absolute Gasteiger partial charge is 0.0621 e. The summed E-state index contributed by atoms with van der Waals surface area (Å²) in [6.07, 6.45) is 29.9. The van der Waals surface area contributed by atoms with Crippen molar-refractivity contribution in [2.75, 3.05) is 0 Å². The van der Waals surface area contributed by atoms with Gasteiger partial charge in [-0.3, -0.25) is 0 Å². The first-order chi connectivity index (χ1) is 12.4. The normalized spacial score (nSPS) is 10.9. The number of hydrogen-bond acceptors (Lipinski definition) is 1. The number of nitrogens with zero attached hydrogens (tertiary/aromatic N) is 1. The second-order valence-corrected chi connectivity index (χ2v) is 7.83. The molecule has 25 heavy (non-hydrogen) atoms. The van der Waals surface area contributed by atoms with E-state index in [9.17, 15) is 0 Å². The van der Waals surface area contributed by atoms with Crippen LogP contribution in [-0.2, 0) is 0 Å². The van der Waals surface area contributed by atoms with E-state index in [0.29, 0.717) is 0 Å². The van der Waals surface area contributed by atoms with E-state index in [1.54, 1.807) is 0 Å². The van der Waals surface area contributed by atoms with Crippen LogP contribution in [0.5, 0.6) is 0 Å². The Balaban J connectivity index is 2.95. The molecule has 0 atom stereocenters. The second-order valence-electron chi connectivity index (χ2n) is 7.83. The van der Waals surface area contributed by atoms with Crippen molar-refractivity contribution in [3.05, 3.63) is 6.92 Å². The van der Waals surface area contributed by atoms with Crippen molar-refractivity contribution in [1.82, 2.24) is 0 Å². The molecule has 0 saturated heterocycles. The zero-order valence-corrected chi connectivity index (χ0v) is 17.2. The van der Waals surface area contributed by atoms with Gasteiger partial charge in [0.15, 0.2) is 0 Å². The lowest BCUT2D eigenvalue weighted by Gasteiger charge is -2.04. The van der Waals surface area contributed by atoms with E-state index >= 15 is 0 Å². The van der Waals surface area contributed by atoms with Gasteiger partial charge in [0.1, 0.15) is 0 Å². The fourth-order valence-corrected chi connectivity index (χ4v) is 3.56. The molecule has 147 valence electrons. The van der Waals surface area contributed by atoms with E-state index in [2.05, 4.69) is 13.0 Å². The molecule has 0 aliphatic heterocycles. The van der Waals surface area contributed by atoms with E-state index in [0.717, 1.165) is 19.3 Å². The molecular weight excluding hydrogens is 302 g/mol. The summed E-state index contributed by atoms with van der Waals surface area (Å²) < 4.78 is 0. The Morgan fingerprint density at radius 2 is 0.640 bits per heavy atom. The Morgan fingerprint density at radius 3 is 0.880 bits per heavy atom. The monoisotopic (exact) mass is 348 g/mol. The molecule has 1 heteroatoms. The van der Waals surface area contributed by atoms with E-state index in [1.165, 1.54) is 122 Å². The first-order valence-electron chi connectivity index (χ1n) is 11.6. The van der Waals surface area contributed by atoms with Gasteiger partial charge in [-0.2, -0.15) is 5.26 Å². The molecule has 0 saturated carbocycles. The van der Waals surface area contributed by atoms with Gasteiger partial charge < -0.3 is 0 Å². The minimum Gasteiger partial charge on any atom is -0.198 e. The van der Waals surface area contributed by atoms with Crippen LogP contribution in [0.2, 0.25) is 0 Å². The Labute approximate surface area is 160 Å². The highest BCUT2D eigenvalue weighted by Crippen LogP contribution is 2.15. The molecule has 0 aliphatic carbocycles. The average molecular weight is 349 g/mol. The zero-order valence-electron chi connectivity index (χ0n) is 17.2. The van der Waals surface area contributed by atoms with Gasteiger partial charge in [0.2, 0.25) is 0 Å². The minimum atomic E-state index is 0.747. The second kappa shape index (κ2) is 23.5. The van der Waals surface area contributed by atoms with Gasteiger partial charge in [0.05, 0.1) is 6.07 Å². The van der Waals surface area contributed by atoms with E-state index in [1.807, 2.05) is 0 Å². The van der Waals surface area contributed by atoms with Crippen LogP contribution in [0.3, 0.4) is 0 Å². The summed E-state index contributed by atoms with van der Waals surface area (Å²) in [4.78, 5) is 0. The fraction of sp³-hybridized carbons (Fsp3) is 0.917. The summed E-state index contributed by atoms with van der Waals surface area (Å²) in [7, 11) is 0. The third kappa shape index (κ3) is 23.5. The van der Waals surface area contributed by atoms with Crippen molar-refractivity contribution in [3.63, 3.8) is 0 Å². The lowest BCUT2D eigenvalue weighted by molar-refractivity contribution is 0.521. The summed E-state index contributed by atoms with van der Waals surface area (Å²) in [6, 6.07) is 2.23. The van der Waals surface area contributed by atoms with Gasteiger partial charge in [0.25, 0.3) is 0 Å². The van der Waals surface area contributed by atoms with E-state index in [-0.39, 0.29) is 0 Å². The Bertz CT molecular complexity index is 266. The largest absolute Gasteiger partial charge is 0.198 e. The van der Waals surface area contributed by atoms with Crippen molar-refractivity contribution in [2.24, 2.45) is 0 Å². The van der Waals surface area contributed by atoms with E-state index < -0.39 is 0 Å². The van der Waals surface area contributed by atoms with Crippen LogP contribution in [0.15, 0.2) is 0 Å². The van der Waals surface area contributed by atoms with Crippen LogP contribution >= 0.6 is 0 Å². The van der Waals surface area contributed by atoms with Gasteiger partial charge in [-0.05, 0) is 6.42 Å². The molecule has 0 bridgehead atoms. The summed E-state index contributed by atoms with van der Waals surface area (Å²) in [5.41, 5.74) is 0. The Kier molecular flexibility index (Phi) is 23.0. The summed E-state index contributed by atoms with van der Waals surface area (Å²) in [5, 5.41) is 8.47. The van der Waals surface area contributed by atoms with Crippen LogP contribution in [0.4, 0.5) is 0 Å². The SMILES string of the molecule is [CH2]CCCCCCCCCCCCCCCCCCCCCCC#N. The molecule has 1 radical (unpaired) electrons. The number of unbranched alkanes of at least 4 members (excludes halogenated alkanes) is 21. The Morgan fingerprint density at radius 1 is 0.400 bits per heavy atom. The standard InChI is InChI=1S/C24H46N/c1-2-3-4-5-6-7-8-9-10-11-12-13-14-15-16-17-18-19-20-21-22-23-24-25/h1-23H2. The lowest BCUT2D eigenvalue weighted by Crippen LogP contribution is -1.84. The van der Waals surface area contributed by atoms with Crippen LogP contribution in [0.1, 0.15) is 141 Å². The van der Waals surface area contributed by atoms with Crippen molar-refractivity contribution in [2.45, 2.75) is 141 Å². The van der Waals surface area contributed by atoms with Crippen molar-refractivity contribution >= 4 is 0 Å². The molecule has 0 fully saturated rings. The molecule has 0 aromatic rings. The lowest BCUT2D eigenvalue weighted by atomic mass is 10.0. The third-order valence-corrected chi connectivity index (χ3v) is 5.29. The molecule has 0 N–H and O–H groups in total. The molecule has 0 spiro atoms. The molecule has 0 heterocycles. The average Bonchev–Trinajstić information content (AvgIpc) is 2.63. The van der Waals surface area contributed by atoms with E-state index in [4.69, 9.17) is 5.26 Å². The highest BCUT2D eigenvalue weighted by Gasteiger charge is 1.95. The number of rotatable bonds is 21. The quantitative estimate of drug-likeness (QED) is 0.190. The predicted octanol–water partition coefficient (Wildman–Crippen LogP) is 8.93. The highest BCUT2D eigenvalue weighted by molar-refractivity contribution is 4.67. The molecular formula is C24H46N. The number of nitriles is 1. The molecule has 0 amide bonds. The maximum absolute atomic E-state index is 8.47. The van der Waals surface area contributed by atoms with Gasteiger partial charge >= 0.3 is 0 Å². The minimum absolute atomic E-state index is 0.747. The third-order valence-electron chi connectivity index (χ3n) is 5.29.